The van der Waals surface area contributed by atoms with Crippen molar-refractivity contribution < 1.29 is 9.53 Å². The Kier molecular flexibility index (Phi) is 4.64. The molecule has 4 heteroatoms. The van der Waals surface area contributed by atoms with Gasteiger partial charge in [-0.15, -0.1) is 0 Å². The second-order valence-electron chi connectivity index (χ2n) is 4.24. The smallest absolute Gasteiger partial charge is 0.166 e. The Balaban J connectivity index is 1.69. The molecule has 0 saturated carbocycles. The summed E-state index contributed by atoms with van der Waals surface area (Å²) in [5.41, 5.74) is 0.668. The molecule has 0 spiro atoms. The number of nitrogens with one attached hydrogen (secondary N) is 1. The molecule has 0 radical (unpaired) electrons. The largest absolute Gasteiger partial charge is 0.378 e. The second kappa shape index (κ2) is 6.47. The van der Waals surface area contributed by atoms with Gasteiger partial charge in [0.25, 0.3) is 0 Å². The Bertz CT molecular complexity index is 348. The summed E-state index contributed by atoms with van der Waals surface area (Å²) in [5, 5.41) is 3.28. The van der Waals surface area contributed by atoms with Crippen LogP contribution in [-0.4, -0.2) is 36.6 Å². The maximum absolute atomic E-state index is 11.8. The average molecular weight is 234 g/mol. The van der Waals surface area contributed by atoms with Gasteiger partial charge >= 0.3 is 0 Å². The summed E-state index contributed by atoms with van der Waals surface area (Å²) in [5.74, 6) is 0.104. The number of pyridine rings is 1. The van der Waals surface area contributed by atoms with E-state index in [1.165, 1.54) is 0 Å². The van der Waals surface area contributed by atoms with Crippen molar-refractivity contribution in [2.45, 2.75) is 25.4 Å². The molecule has 1 aliphatic heterocycles. The first-order chi connectivity index (χ1) is 8.36. The van der Waals surface area contributed by atoms with Crippen molar-refractivity contribution in [2.75, 3.05) is 19.7 Å². The number of nitrogens with zero attached hydrogens (tertiary/aromatic N) is 1. The van der Waals surface area contributed by atoms with E-state index in [1.54, 1.807) is 24.5 Å². The normalized spacial score (nSPS) is 16.9. The van der Waals surface area contributed by atoms with Gasteiger partial charge in [-0.3, -0.25) is 9.78 Å². The molecule has 1 aromatic rings. The van der Waals surface area contributed by atoms with Crippen molar-refractivity contribution in [1.82, 2.24) is 10.3 Å². The van der Waals surface area contributed by atoms with Gasteiger partial charge < -0.3 is 10.1 Å². The molecule has 0 amide bonds. The monoisotopic (exact) mass is 234 g/mol. The van der Waals surface area contributed by atoms with Crippen LogP contribution in [0.25, 0.3) is 0 Å². The van der Waals surface area contributed by atoms with Crippen LogP contribution in [0.15, 0.2) is 24.5 Å². The van der Waals surface area contributed by atoms with Crippen molar-refractivity contribution >= 4 is 5.78 Å². The molecule has 1 fully saturated rings. The van der Waals surface area contributed by atoms with Gasteiger partial charge in [-0.2, -0.15) is 0 Å². The van der Waals surface area contributed by atoms with Gasteiger partial charge in [0, 0.05) is 24.4 Å². The van der Waals surface area contributed by atoms with Crippen molar-refractivity contribution in [3.63, 3.8) is 0 Å². The fraction of sp³-hybridized carbons (Fsp3) is 0.538. The van der Waals surface area contributed by atoms with Crippen LogP contribution in [0, 0.1) is 0 Å². The number of hydrogen-bond acceptors (Lipinski definition) is 4. The second-order valence-corrected chi connectivity index (χ2v) is 4.24. The third kappa shape index (κ3) is 3.91. The lowest BCUT2D eigenvalue weighted by Gasteiger charge is -2.22. The molecular weight excluding hydrogens is 216 g/mol. The third-order valence-corrected chi connectivity index (χ3v) is 2.95. The number of ether oxygens (including phenoxy) is 1. The quantitative estimate of drug-likeness (QED) is 0.783. The molecule has 0 aliphatic carbocycles. The van der Waals surface area contributed by atoms with Crippen LogP contribution in [0.3, 0.4) is 0 Å². The van der Waals surface area contributed by atoms with Gasteiger partial charge in [0.2, 0.25) is 0 Å². The number of Topliss-reactive ketones (excluding diaryl/α,β-unsaturated/α-hetero) is 1. The predicted molar refractivity (Wildman–Crippen MR) is 65.0 cm³/mol. The molecule has 2 heterocycles. The first-order valence-corrected chi connectivity index (χ1v) is 6.12. The van der Waals surface area contributed by atoms with Gasteiger partial charge in [0.1, 0.15) is 0 Å². The van der Waals surface area contributed by atoms with Crippen LogP contribution >= 0.6 is 0 Å². The standard InChI is InChI=1S/C13H18N2O2/c16-13(11-2-1-6-15-10-11)5-9-17-12-3-7-14-8-4-12/h1-2,6,10,12,14H,3-5,7-9H2. The number of piperidine rings is 1. The van der Waals surface area contributed by atoms with Gasteiger partial charge in [-0.25, -0.2) is 0 Å². The lowest BCUT2D eigenvalue weighted by atomic mass is 10.1. The highest BCUT2D eigenvalue weighted by molar-refractivity contribution is 5.95. The maximum Gasteiger partial charge on any atom is 0.166 e. The van der Waals surface area contributed by atoms with E-state index in [0.717, 1.165) is 25.9 Å². The van der Waals surface area contributed by atoms with Crippen molar-refractivity contribution in [3.05, 3.63) is 30.1 Å². The van der Waals surface area contributed by atoms with E-state index in [2.05, 4.69) is 10.3 Å². The number of ketones is 1. The summed E-state index contributed by atoms with van der Waals surface area (Å²) in [4.78, 5) is 15.7. The van der Waals surface area contributed by atoms with Crippen LogP contribution in [-0.2, 0) is 4.74 Å². The minimum Gasteiger partial charge on any atom is -0.378 e. The fourth-order valence-electron chi connectivity index (χ4n) is 1.95. The Hall–Kier alpha value is -1.26. The van der Waals surface area contributed by atoms with E-state index in [0.29, 0.717) is 24.7 Å². The SMILES string of the molecule is O=C(CCOC1CCNCC1)c1cccnc1. The maximum atomic E-state index is 11.8. The molecule has 2 rings (SSSR count). The first-order valence-electron chi connectivity index (χ1n) is 6.12. The highest BCUT2D eigenvalue weighted by Gasteiger charge is 2.14. The molecule has 4 nitrogen and oxygen atoms in total. The molecule has 1 aromatic heterocycles. The van der Waals surface area contributed by atoms with Crippen LogP contribution < -0.4 is 5.32 Å². The fourth-order valence-corrected chi connectivity index (χ4v) is 1.95. The topological polar surface area (TPSA) is 51.2 Å². The zero-order valence-corrected chi connectivity index (χ0v) is 9.89. The molecule has 1 aliphatic rings. The van der Waals surface area contributed by atoms with Crippen molar-refractivity contribution in [3.8, 4) is 0 Å². The number of carbonyl (C=O) groups is 1. The molecule has 17 heavy (non-hydrogen) atoms. The molecule has 92 valence electrons. The summed E-state index contributed by atoms with van der Waals surface area (Å²) in [6.07, 6.45) is 6.12. The lowest BCUT2D eigenvalue weighted by molar-refractivity contribution is 0.0313. The van der Waals surface area contributed by atoms with E-state index in [-0.39, 0.29) is 5.78 Å². The van der Waals surface area contributed by atoms with E-state index in [1.807, 2.05) is 0 Å². The van der Waals surface area contributed by atoms with Crippen LogP contribution in [0.5, 0.6) is 0 Å². The summed E-state index contributed by atoms with van der Waals surface area (Å²) in [6.45, 7) is 2.54. The Labute approximate surface area is 101 Å². The molecule has 0 atom stereocenters. The third-order valence-electron chi connectivity index (χ3n) is 2.95. The summed E-state index contributed by atoms with van der Waals surface area (Å²) >= 11 is 0. The Morgan fingerprint density at radius 2 is 2.29 bits per heavy atom. The Morgan fingerprint density at radius 1 is 1.47 bits per heavy atom. The van der Waals surface area contributed by atoms with E-state index in [9.17, 15) is 4.79 Å². The number of carbonyl (C=O) groups excluding carboxylic acids is 1. The molecule has 0 aromatic carbocycles. The van der Waals surface area contributed by atoms with E-state index >= 15 is 0 Å². The number of aromatic nitrogens is 1. The molecule has 1 N–H and O–H groups in total. The number of hydrogen-bond donors (Lipinski definition) is 1. The summed E-state index contributed by atoms with van der Waals surface area (Å²) in [6, 6.07) is 3.57. The molecule has 0 bridgehead atoms. The van der Waals surface area contributed by atoms with Crippen LogP contribution in [0.2, 0.25) is 0 Å². The molecular formula is C13H18N2O2. The highest BCUT2D eigenvalue weighted by Crippen LogP contribution is 2.08. The van der Waals surface area contributed by atoms with Gasteiger partial charge in [0.15, 0.2) is 5.78 Å². The van der Waals surface area contributed by atoms with E-state index < -0.39 is 0 Å². The minimum absolute atomic E-state index is 0.104. The molecule has 1 saturated heterocycles. The van der Waals surface area contributed by atoms with E-state index in [4.69, 9.17) is 4.74 Å². The van der Waals surface area contributed by atoms with Gasteiger partial charge in [-0.05, 0) is 38.1 Å². The summed E-state index contributed by atoms with van der Waals surface area (Å²) < 4.78 is 5.69. The van der Waals surface area contributed by atoms with Crippen LogP contribution in [0.1, 0.15) is 29.6 Å². The minimum atomic E-state index is 0.104. The van der Waals surface area contributed by atoms with Gasteiger partial charge in [-0.1, -0.05) is 0 Å². The highest BCUT2D eigenvalue weighted by atomic mass is 16.5. The van der Waals surface area contributed by atoms with Crippen LogP contribution in [0.4, 0.5) is 0 Å². The first kappa shape index (κ1) is 12.2. The van der Waals surface area contributed by atoms with Crippen molar-refractivity contribution in [2.24, 2.45) is 0 Å². The zero-order valence-electron chi connectivity index (χ0n) is 9.89. The number of rotatable bonds is 5. The molecule has 0 unspecified atom stereocenters. The zero-order chi connectivity index (χ0) is 11.9. The predicted octanol–water partition coefficient (Wildman–Crippen LogP) is 1.42. The Morgan fingerprint density at radius 3 is 3.00 bits per heavy atom. The van der Waals surface area contributed by atoms with Crippen molar-refractivity contribution in [1.29, 1.82) is 0 Å². The lowest BCUT2D eigenvalue weighted by Crippen LogP contribution is -2.32. The average Bonchev–Trinajstić information content (AvgIpc) is 2.41. The van der Waals surface area contributed by atoms with Gasteiger partial charge in [0.05, 0.1) is 12.7 Å². The summed E-state index contributed by atoms with van der Waals surface area (Å²) in [7, 11) is 0.